The van der Waals surface area contributed by atoms with Crippen molar-refractivity contribution in [3.8, 4) is 0 Å². The molecular formula is C8H10N2S. The minimum atomic E-state index is 0.777. The van der Waals surface area contributed by atoms with E-state index in [0.717, 1.165) is 16.2 Å². The van der Waals surface area contributed by atoms with E-state index in [-0.39, 0.29) is 0 Å². The SMILES string of the molecule is CC(=S)Nc1ccncc1C. The van der Waals surface area contributed by atoms with Crippen molar-refractivity contribution in [1.29, 1.82) is 0 Å². The summed E-state index contributed by atoms with van der Waals surface area (Å²) in [6, 6.07) is 1.91. The first-order valence-electron chi connectivity index (χ1n) is 3.38. The normalized spacial score (nSPS) is 9.27. The molecule has 0 aliphatic carbocycles. The summed E-state index contributed by atoms with van der Waals surface area (Å²) in [6.07, 6.45) is 3.55. The molecule has 0 aromatic carbocycles. The molecule has 0 radical (unpaired) electrons. The van der Waals surface area contributed by atoms with Crippen molar-refractivity contribution in [2.24, 2.45) is 0 Å². The maximum atomic E-state index is 4.91. The Morgan fingerprint density at radius 1 is 1.64 bits per heavy atom. The predicted octanol–water partition coefficient (Wildman–Crippen LogP) is 2.15. The molecule has 0 bridgehead atoms. The van der Waals surface area contributed by atoms with E-state index in [1.54, 1.807) is 12.4 Å². The second-order valence-electron chi connectivity index (χ2n) is 2.37. The Morgan fingerprint density at radius 3 is 2.91 bits per heavy atom. The number of aryl methyl sites for hydroxylation is 1. The van der Waals surface area contributed by atoms with E-state index in [1.165, 1.54) is 0 Å². The van der Waals surface area contributed by atoms with Crippen LogP contribution in [0, 0.1) is 6.92 Å². The van der Waals surface area contributed by atoms with Gasteiger partial charge in [-0.05, 0) is 25.5 Å². The molecule has 11 heavy (non-hydrogen) atoms. The summed E-state index contributed by atoms with van der Waals surface area (Å²) >= 11 is 4.91. The van der Waals surface area contributed by atoms with Crippen LogP contribution >= 0.6 is 12.2 Å². The highest BCUT2D eigenvalue weighted by molar-refractivity contribution is 7.80. The molecule has 0 saturated heterocycles. The monoisotopic (exact) mass is 166 g/mol. The van der Waals surface area contributed by atoms with Gasteiger partial charge in [0, 0.05) is 18.1 Å². The van der Waals surface area contributed by atoms with Crippen LogP contribution in [0.4, 0.5) is 5.69 Å². The van der Waals surface area contributed by atoms with Crippen molar-refractivity contribution in [3.05, 3.63) is 24.0 Å². The van der Waals surface area contributed by atoms with E-state index in [2.05, 4.69) is 10.3 Å². The summed E-state index contributed by atoms with van der Waals surface area (Å²) in [6.45, 7) is 3.85. The number of anilines is 1. The predicted molar refractivity (Wildman–Crippen MR) is 50.9 cm³/mol. The summed E-state index contributed by atoms with van der Waals surface area (Å²) < 4.78 is 0. The fourth-order valence-corrected chi connectivity index (χ4v) is 0.913. The lowest BCUT2D eigenvalue weighted by Gasteiger charge is -2.05. The highest BCUT2D eigenvalue weighted by Crippen LogP contribution is 2.10. The van der Waals surface area contributed by atoms with Crippen LogP contribution in [0.15, 0.2) is 18.5 Å². The zero-order valence-electron chi connectivity index (χ0n) is 6.59. The van der Waals surface area contributed by atoms with Gasteiger partial charge < -0.3 is 5.32 Å². The Balaban J connectivity index is 2.86. The van der Waals surface area contributed by atoms with Crippen LogP contribution in [-0.4, -0.2) is 9.97 Å². The Hall–Kier alpha value is -0.960. The smallest absolute Gasteiger partial charge is 0.0765 e. The maximum absolute atomic E-state index is 4.91. The molecule has 3 heteroatoms. The van der Waals surface area contributed by atoms with E-state index in [9.17, 15) is 0 Å². The minimum absolute atomic E-state index is 0.777. The van der Waals surface area contributed by atoms with Crippen LogP contribution in [-0.2, 0) is 0 Å². The van der Waals surface area contributed by atoms with Crippen LogP contribution in [0.2, 0.25) is 0 Å². The third kappa shape index (κ3) is 2.27. The highest BCUT2D eigenvalue weighted by atomic mass is 32.1. The van der Waals surface area contributed by atoms with Gasteiger partial charge in [0.05, 0.1) is 4.99 Å². The van der Waals surface area contributed by atoms with E-state index in [0.29, 0.717) is 0 Å². The molecule has 0 aliphatic rings. The first kappa shape index (κ1) is 8.14. The molecule has 58 valence electrons. The van der Waals surface area contributed by atoms with Gasteiger partial charge >= 0.3 is 0 Å². The Morgan fingerprint density at radius 2 is 2.36 bits per heavy atom. The molecule has 1 N–H and O–H groups in total. The van der Waals surface area contributed by atoms with Crippen molar-refractivity contribution in [1.82, 2.24) is 4.98 Å². The largest absolute Gasteiger partial charge is 0.350 e. The van der Waals surface area contributed by atoms with Crippen LogP contribution in [0.3, 0.4) is 0 Å². The second-order valence-corrected chi connectivity index (χ2v) is 2.98. The van der Waals surface area contributed by atoms with E-state index in [1.807, 2.05) is 19.9 Å². The molecule has 0 atom stereocenters. The van der Waals surface area contributed by atoms with Gasteiger partial charge in [-0.3, -0.25) is 4.98 Å². The lowest BCUT2D eigenvalue weighted by Crippen LogP contribution is -2.04. The van der Waals surface area contributed by atoms with Gasteiger partial charge in [-0.2, -0.15) is 0 Å². The van der Waals surface area contributed by atoms with Crippen molar-refractivity contribution < 1.29 is 0 Å². The number of nitrogens with zero attached hydrogens (tertiary/aromatic N) is 1. The number of pyridine rings is 1. The summed E-state index contributed by atoms with van der Waals surface area (Å²) in [5, 5.41) is 3.06. The first-order chi connectivity index (χ1) is 5.20. The third-order valence-electron chi connectivity index (χ3n) is 1.33. The zero-order valence-corrected chi connectivity index (χ0v) is 7.40. The standard InChI is InChI=1S/C8H10N2S/c1-6-5-9-4-3-8(6)10-7(2)11/h3-5H,1-2H3,(H,9,10,11). The number of hydrogen-bond donors (Lipinski definition) is 1. The Labute approximate surface area is 71.7 Å². The first-order valence-corrected chi connectivity index (χ1v) is 3.79. The van der Waals surface area contributed by atoms with Gasteiger partial charge in [-0.15, -0.1) is 0 Å². The molecule has 0 unspecified atom stereocenters. The molecule has 1 heterocycles. The topological polar surface area (TPSA) is 24.9 Å². The fraction of sp³-hybridized carbons (Fsp3) is 0.250. The van der Waals surface area contributed by atoms with Gasteiger partial charge in [-0.1, -0.05) is 12.2 Å². The second kappa shape index (κ2) is 3.44. The Kier molecular flexibility index (Phi) is 2.54. The van der Waals surface area contributed by atoms with E-state index < -0.39 is 0 Å². The molecule has 0 aliphatic heterocycles. The van der Waals surface area contributed by atoms with Crippen LogP contribution < -0.4 is 5.32 Å². The van der Waals surface area contributed by atoms with Gasteiger partial charge in [0.2, 0.25) is 0 Å². The van der Waals surface area contributed by atoms with Gasteiger partial charge in [-0.25, -0.2) is 0 Å². The number of nitrogens with one attached hydrogen (secondary N) is 1. The van der Waals surface area contributed by atoms with Crippen molar-refractivity contribution >= 4 is 22.9 Å². The molecular weight excluding hydrogens is 156 g/mol. The number of aromatic nitrogens is 1. The molecule has 1 aromatic rings. The summed E-state index contributed by atoms with van der Waals surface area (Å²) in [5.74, 6) is 0. The molecule has 1 aromatic heterocycles. The average Bonchev–Trinajstić information content (AvgIpc) is 1.93. The molecule has 0 saturated carbocycles. The zero-order chi connectivity index (χ0) is 8.27. The highest BCUT2D eigenvalue weighted by Gasteiger charge is 1.95. The third-order valence-corrected chi connectivity index (χ3v) is 1.43. The summed E-state index contributed by atoms with van der Waals surface area (Å²) in [7, 11) is 0. The minimum Gasteiger partial charge on any atom is -0.350 e. The van der Waals surface area contributed by atoms with Crippen LogP contribution in [0.5, 0.6) is 0 Å². The van der Waals surface area contributed by atoms with Crippen LogP contribution in [0.1, 0.15) is 12.5 Å². The fourth-order valence-electron chi connectivity index (χ4n) is 0.803. The van der Waals surface area contributed by atoms with E-state index >= 15 is 0 Å². The van der Waals surface area contributed by atoms with Crippen molar-refractivity contribution in [2.45, 2.75) is 13.8 Å². The number of hydrogen-bond acceptors (Lipinski definition) is 2. The lowest BCUT2D eigenvalue weighted by molar-refractivity contribution is 1.27. The summed E-state index contributed by atoms with van der Waals surface area (Å²) in [5.41, 5.74) is 2.14. The quantitative estimate of drug-likeness (QED) is 0.647. The van der Waals surface area contributed by atoms with Crippen LogP contribution in [0.25, 0.3) is 0 Å². The summed E-state index contributed by atoms with van der Waals surface area (Å²) in [4.78, 5) is 4.75. The Bertz CT molecular complexity index is 271. The van der Waals surface area contributed by atoms with Gasteiger partial charge in [0.15, 0.2) is 0 Å². The van der Waals surface area contributed by atoms with E-state index in [4.69, 9.17) is 12.2 Å². The molecule has 1 rings (SSSR count). The van der Waals surface area contributed by atoms with Crippen molar-refractivity contribution in [3.63, 3.8) is 0 Å². The maximum Gasteiger partial charge on any atom is 0.0765 e. The average molecular weight is 166 g/mol. The molecule has 2 nitrogen and oxygen atoms in total. The van der Waals surface area contributed by atoms with Gasteiger partial charge in [0.1, 0.15) is 0 Å². The number of rotatable bonds is 1. The molecule has 0 amide bonds. The molecule has 0 fully saturated rings. The number of thiocarbonyl (C=S) groups is 1. The molecule has 0 spiro atoms. The van der Waals surface area contributed by atoms with Gasteiger partial charge in [0.25, 0.3) is 0 Å². The lowest BCUT2D eigenvalue weighted by atomic mass is 10.2. The van der Waals surface area contributed by atoms with Crippen molar-refractivity contribution in [2.75, 3.05) is 5.32 Å².